The number of likely N-dealkylation sites (N-methyl/N-ethyl adjacent to an activating group) is 1. The molecule has 0 bridgehead atoms. The molecule has 0 aliphatic rings. The number of ketones is 2. The number of nitrogens with one attached hydrogen (secondary N) is 2. The highest BCUT2D eigenvalue weighted by Crippen LogP contribution is 2.12. The molecule has 2 N–H and O–H groups in total. The molecular formula is C16H24N6O6. The van der Waals surface area contributed by atoms with E-state index in [4.69, 9.17) is 0 Å². The van der Waals surface area contributed by atoms with Gasteiger partial charge >= 0.3 is 11.9 Å². The molecule has 0 amide bonds. The predicted octanol–water partition coefficient (Wildman–Crippen LogP) is -0.648. The summed E-state index contributed by atoms with van der Waals surface area (Å²) in [7, 11) is 1.65. The zero-order valence-corrected chi connectivity index (χ0v) is 16.4. The molecule has 0 aromatic carbocycles. The van der Waals surface area contributed by atoms with Crippen LogP contribution in [-0.4, -0.2) is 74.5 Å². The molecule has 0 saturated carbocycles. The minimum absolute atomic E-state index is 0.238. The summed E-state index contributed by atoms with van der Waals surface area (Å²) < 4.78 is 0.590. The molecule has 12 heteroatoms. The molecule has 0 radical (unpaired) electrons. The van der Waals surface area contributed by atoms with Gasteiger partial charge in [0.25, 0.3) is 5.78 Å². The highest BCUT2D eigenvalue weighted by Gasteiger charge is 2.37. The molecule has 1 rings (SSSR count). The number of nitrogens with zero attached hydrogens (tertiary/aromatic N) is 4. The van der Waals surface area contributed by atoms with Crippen LogP contribution in [0.1, 0.15) is 32.5 Å². The highest BCUT2D eigenvalue weighted by molar-refractivity contribution is 6.40. The molecule has 12 nitrogen and oxygen atoms in total. The van der Waals surface area contributed by atoms with Gasteiger partial charge in [-0.1, -0.05) is 4.98 Å². The number of hydrogen-bond donors (Lipinski definition) is 2. The third-order valence-electron chi connectivity index (χ3n) is 3.97. The monoisotopic (exact) mass is 396 g/mol. The van der Waals surface area contributed by atoms with Crippen molar-refractivity contribution in [2.75, 3.05) is 20.1 Å². The number of hydrogen-bond acceptors (Lipinski definition) is 10. The average Bonchev–Trinajstić information content (AvgIpc) is 3.08. The smallest absolute Gasteiger partial charge is 0.390 e. The first kappa shape index (κ1) is 23.2. The number of rotatable bonds is 11. The molecule has 0 saturated heterocycles. The maximum absolute atomic E-state index is 12.5. The molecule has 0 fully saturated rings. The van der Waals surface area contributed by atoms with Gasteiger partial charge in [0.1, 0.15) is 12.4 Å². The van der Waals surface area contributed by atoms with Crippen LogP contribution in [0.5, 0.6) is 0 Å². The summed E-state index contributed by atoms with van der Waals surface area (Å²) in [5.74, 6) is -3.30. The minimum Gasteiger partial charge on any atom is -0.390 e. The lowest BCUT2D eigenvalue weighted by Crippen LogP contribution is -2.57. The van der Waals surface area contributed by atoms with Gasteiger partial charge in [-0.25, -0.2) is 15.2 Å². The largest absolute Gasteiger partial charge is 0.442 e. The van der Waals surface area contributed by atoms with Gasteiger partial charge in [0, 0.05) is 20.1 Å². The van der Waals surface area contributed by atoms with E-state index >= 15 is 0 Å². The zero-order valence-electron chi connectivity index (χ0n) is 16.4. The van der Waals surface area contributed by atoms with E-state index in [-0.39, 0.29) is 12.8 Å². The van der Waals surface area contributed by atoms with Crippen LogP contribution >= 0.6 is 0 Å². The third kappa shape index (κ3) is 5.58. The van der Waals surface area contributed by atoms with Crippen molar-refractivity contribution in [1.82, 2.24) is 25.3 Å². The van der Waals surface area contributed by atoms with Crippen molar-refractivity contribution in [3.05, 3.63) is 22.5 Å². The SMILES string of the molecule is CN(CCNC(C)(C)C(=O)C(=O)n1ccnc1[N+](=O)[O-])NC(C)(C)C(=O)C=O. The Morgan fingerprint density at radius 1 is 1.29 bits per heavy atom. The molecule has 28 heavy (non-hydrogen) atoms. The first-order chi connectivity index (χ1) is 12.8. The number of carbonyl (C=O) groups is 4. The van der Waals surface area contributed by atoms with Gasteiger partial charge in [-0.3, -0.25) is 14.4 Å². The Hall–Kier alpha value is -2.83. The summed E-state index contributed by atoms with van der Waals surface area (Å²) in [6, 6.07) is 0. The van der Waals surface area contributed by atoms with E-state index in [1.54, 1.807) is 25.9 Å². The Morgan fingerprint density at radius 3 is 2.43 bits per heavy atom. The fourth-order valence-corrected chi connectivity index (χ4v) is 2.32. The van der Waals surface area contributed by atoms with E-state index in [9.17, 15) is 29.3 Å². The first-order valence-electron chi connectivity index (χ1n) is 8.34. The van der Waals surface area contributed by atoms with Crippen LogP contribution in [0, 0.1) is 10.1 Å². The second-order valence-corrected chi connectivity index (χ2v) is 7.18. The molecule has 0 atom stereocenters. The normalized spacial score (nSPS) is 12.1. The maximum Gasteiger partial charge on any atom is 0.442 e. The van der Waals surface area contributed by atoms with Crippen LogP contribution in [0.2, 0.25) is 0 Å². The summed E-state index contributed by atoms with van der Waals surface area (Å²) in [6.07, 6.45) is 2.35. The fourth-order valence-electron chi connectivity index (χ4n) is 2.32. The minimum atomic E-state index is -1.30. The van der Waals surface area contributed by atoms with Gasteiger partial charge in [-0.05, 0) is 32.6 Å². The van der Waals surface area contributed by atoms with Crippen molar-refractivity contribution in [3.8, 4) is 0 Å². The number of aromatic nitrogens is 2. The molecule has 154 valence electrons. The molecule has 1 heterocycles. The lowest BCUT2D eigenvalue weighted by Gasteiger charge is -2.30. The Labute approximate surface area is 161 Å². The predicted molar refractivity (Wildman–Crippen MR) is 97.5 cm³/mol. The van der Waals surface area contributed by atoms with Gasteiger partial charge in [-0.15, -0.1) is 0 Å². The van der Waals surface area contributed by atoms with E-state index in [2.05, 4.69) is 15.7 Å². The van der Waals surface area contributed by atoms with Gasteiger partial charge in [0.15, 0.2) is 6.29 Å². The molecule has 0 spiro atoms. The average molecular weight is 396 g/mol. The summed E-state index contributed by atoms with van der Waals surface area (Å²) in [5, 5.41) is 15.3. The van der Waals surface area contributed by atoms with Crippen molar-refractivity contribution in [3.63, 3.8) is 0 Å². The van der Waals surface area contributed by atoms with E-state index < -0.39 is 39.4 Å². The van der Waals surface area contributed by atoms with Crippen LogP contribution in [-0.2, 0) is 14.4 Å². The number of imidazole rings is 1. The topological polar surface area (TPSA) is 157 Å². The van der Waals surface area contributed by atoms with Crippen LogP contribution in [0.25, 0.3) is 0 Å². The molecule has 0 aliphatic carbocycles. The Morgan fingerprint density at radius 2 is 1.89 bits per heavy atom. The number of nitro groups is 1. The van der Waals surface area contributed by atoms with E-state index in [0.29, 0.717) is 11.1 Å². The standard InChI is InChI=1S/C16H24N6O6/c1-15(2,11(24)10-23)19-20(5)8-7-18-16(3,4)12(25)13(26)21-9-6-17-14(21)22(27)28/h6,9-10,18-19H,7-8H2,1-5H3. The van der Waals surface area contributed by atoms with E-state index in [0.717, 1.165) is 12.4 Å². The van der Waals surface area contributed by atoms with Gasteiger partial charge in [0.2, 0.25) is 5.78 Å². The first-order valence-corrected chi connectivity index (χ1v) is 8.34. The van der Waals surface area contributed by atoms with Crippen molar-refractivity contribution < 1.29 is 24.1 Å². The van der Waals surface area contributed by atoms with E-state index in [1.807, 2.05) is 0 Å². The summed E-state index contributed by atoms with van der Waals surface area (Å²) in [5.41, 5.74) is 0.474. The second-order valence-electron chi connectivity index (χ2n) is 7.18. The van der Waals surface area contributed by atoms with Crippen LogP contribution in [0.15, 0.2) is 12.4 Å². The summed E-state index contributed by atoms with van der Waals surface area (Å²) >= 11 is 0. The number of aldehydes is 1. The second kappa shape index (κ2) is 8.91. The highest BCUT2D eigenvalue weighted by atomic mass is 16.6. The molecule has 0 aliphatic heterocycles. The van der Waals surface area contributed by atoms with Gasteiger partial charge in [-0.2, -0.15) is 4.57 Å². The Balaban J connectivity index is 2.68. The van der Waals surface area contributed by atoms with Gasteiger partial charge < -0.3 is 15.4 Å². The fraction of sp³-hybridized carbons (Fsp3) is 0.562. The van der Waals surface area contributed by atoms with Gasteiger partial charge in [0.05, 0.1) is 11.1 Å². The quantitative estimate of drug-likeness (QED) is 0.213. The zero-order chi connectivity index (χ0) is 21.7. The number of hydrazine groups is 1. The van der Waals surface area contributed by atoms with Crippen LogP contribution in [0.3, 0.4) is 0 Å². The molecule has 0 unspecified atom stereocenters. The van der Waals surface area contributed by atoms with Crippen LogP contribution < -0.4 is 10.7 Å². The van der Waals surface area contributed by atoms with Crippen molar-refractivity contribution in [1.29, 1.82) is 0 Å². The Bertz CT molecular complexity index is 784. The lowest BCUT2D eigenvalue weighted by molar-refractivity contribution is -0.395. The Kier molecular flexibility index (Phi) is 7.38. The third-order valence-corrected chi connectivity index (χ3v) is 3.97. The molecule has 1 aromatic heterocycles. The summed E-state index contributed by atoms with van der Waals surface area (Å²) in [6.45, 7) is 6.63. The molecule has 1 aromatic rings. The van der Waals surface area contributed by atoms with Crippen molar-refractivity contribution in [2.24, 2.45) is 0 Å². The lowest BCUT2D eigenvalue weighted by atomic mass is 9.98. The van der Waals surface area contributed by atoms with E-state index in [1.165, 1.54) is 13.8 Å². The summed E-state index contributed by atoms with van der Waals surface area (Å²) in [4.78, 5) is 60.4. The number of carbonyl (C=O) groups excluding carboxylic acids is 4. The van der Waals surface area contributed by atoms with Crippen molar-refractivity contribution in [2.45, 2.75) is 38.8 Å². The number of Topliss-reactive ketones (excluding diaryl/α,β-unsaturated/α-hetero) is 2. The van der Waals surface area contributed by atoms with Crippen molar-refractivity contribution >= 4 is 29.7 Å². The van der Waals surface area contributed by atoms with Crippen LogP contribution in [0.4, 0.5) is 5.95 Å². The maximum atomic E-state index is 12.5. The molecular weight excluding hydrogens is 372 g/mol.